The second-order valence-electron chi connectivity index (χ2n) is 3.31. The maximum absolute atomic E-state index is 11.8. The number of hydrogen-bond donors (Lipinski definition) is 1. The highest BCUT2D eigenvalue weighted by atomic mass is 19.3. The third-order valence-corrected chi connectivity index (χ3v) is 2.05. The summed E-state index contributed by atoms with van der Waals surface area (Å²) in [5.41, 5.74) is 6.33. The molecule has 0 spiro atoms. The van der Waals surface area contributed by atoms with Crippen LogP contribution in [0, 0.1) is 0 Å². The van der Waals surface area contributed by atoms with E-state index in [0.717, 1.165) is 0 Å². The predicted molar refractivity (Wildman–Crippen MR) is 57.0 cm³/mol. The Morgan fingerprint density at radius 3 is 2.71 bits per heavy atom. The van der Waals surface area contributed by atoms with E-state index in [4.69, 9.17) is 15.2 Å². The molecule has 0 fully saturated rings. The molecule has 0 saturated carbocycles. The molecule has 1 rings (SSSR count). The Labute approximate surface area is 98.0 Å². The van der Waals surface area contributed by atoms with Crippen molar-refractivity contribution in [3.8, 4) is 5.88 Å². The van der Waals surface area contributed by atoms with Crippen LogP contribution in [0.5, 0.6) is 5.88 Å². The number of nitrogens with zero attached hydrogens (tertiary/aromatic N) is 2. The van der Waals surface area contributed by atoms with Crippen molar-refractivity contribution in [1.29, 1.82) is 0 Å². The van der Waals surface area contributed by atoms with E-state index in [9.17, 15) is 8.78 Å². The summed E-state index contributed by atoms with van der Waals surface area (Å²) in [5.74, 6) is 0.342. The molecule has 0 aliphatic rings. The van der Waals surface area contributed by atoms with Crippen LogP contribution < -0.4 is 10.5 Å². The maximum Gasteiger partial charge on any atom is 0.261 e. The zero-order valence-electron chi connectivity index (χ0n) is 9.47. The van der Waals surface area contributed by atoms with Crippen molar-refractivity contribution in [3.05, 3.63) is 18.1 Å². The van der Waals surface area contributed by atoms with Gasteiger partial charge in [0.05, 0.1) is 13.2 Å². The molecule has 1 aromatic heterocycles. The Balaban J connectivity index is 2.43. The third kappa shape index (κ3) is 4.58. The van der Waals surface area contributed by atoms with E-state index in [0.29, 0.717) is 18.0 Å². The van der Waals surface area contributed by atoms with Gasteiger partial charge in [-0.2, -0.15) is 0 Å². The first kappa shape index (κ1) is 13.7. The average molecular weight is 247 g/mol. The fraction of sp³-hybridized carbons (Fsp3) is 0.600. The topological polar surface area (TPSA) is 70.3 Å². The van der Waals surface area contributed by atoms with Crippen molar-refractivity contribution in [2.45, 2.75) is 18.9 Å². The number of hydrogen-bond acceptors (Lipinski definition) is 5. The van der Waals surface area contributed by atoms with Crippen molar-refractivity contribution in [2.24, 2.45) is 5.73 Å². The number of alkyl halides is 2. The van der Waals surface area contributed by atoms with Crippen LogP contribution in [0.4, 0.5) is 8.78 Å². The lowest BCUT2D eigenvalue weighted by Crippen LogP contribution is -2.17. The van der Waals surface area contributed by atoms with Crippen LogP contribution in [0.25, 0.3) is 0 Å². The number of nitrogens with two attached hydrogens (primary N) is 1. The molecule has 0 aliphatic heterocycles. The smallest absolute Gasteiger partial charge is 0.261 e. The summed E-state index contributed by atoms with van der Waals surface area (Å²) in [4.78, 5) is 8.00. The fourth-order valence-electron chi connectivity index (χ4n) is 1.27. The maximum atomic E-state index is 11.8. The van der Waals surface area contributed by atoms with Gasteiger partial charge in [-0.25, -0.2) is 13.8 Å². The highest BCUT2D eigenvalue weighted by molar-refractivity contribution is 5.20. The molecule has 0 bridgehead atoms. The van der Waals surface area contributed by atoms with E-state index in [2.05, 4.69) is 9.97 Å². The van der Waals surface area contributed by atoms with E-state index >= 15 is 0 Å². The summed E-state index contributed by atoms with van der Waals surface area (Å²) in [6.07, 6.45) is 0.902. The monoisotopic (exact) mass is 247 g/mol. The number of aromatic nitrogens is 2. The largest absolute Gasteiger partial charge is 0.480 e. The summed E-state index contributed by atoms with van der Waals surface area (Å²) >= 11 is 0. The van der Waals surface area contributed by atoms with Gasteiger partial charge in [-0.15, -0.1) is 0 Å². The van der Waals surface area contributed by atoms with Crippen molar-refractivity contribution >= 4 is 0 Å². The van der Waals surface area contributed by atoms with Gasteiger partial charge in [-0.1, -0.05) is 0 Å². The minimum Gasteiger partial charge on any atom is -0.480 e. The minimum absolute atomic E-state index is 0.144. The van der Waals surface area contributed by atoms with Gasteiger partial charge < -0.3 is 15.2 Å². The molecule has 1 atom stereocenters. The normalized spacial score (nSPS) is 12.8. The SMILES string of the molecule is COc1nccnc1C(N)CCOCC(F)F. The van der Waals surface area contributed by atoms with E-state index in [1.165, 1.54) is 19.5 Å². The molecule has 0 saturated heterocycles. The first-order chi connectivity index (χ1) is 8.15. The van der Waals surface area contributed by atoms with Crippen molar-refractivity contribution in [1.82, 2.24) is 9.97 Å². The quantitative estimate of drug-likeness (QED) is 0.732. The van der Waals surface area contributed by atoms with Crippen LogP contribution in [-0.2, 0) is 4.74 Å². The van der Waals surface area contributed by atoms with Gasteiger partial charge in [0.1, 0.15) is 12.3 Å². The van der Waals surface area contributed by atoms with Gasteiger partial charge in [0.2, 0.25) is 5.88 Å². The molecule has 2 N–H and O–H groups in total. The molecule has 0 amide bonds. The Bertz CT molecular complexity index is 339. The molecule has 0 radical (unpaired) electrons. The second kappa shape index (κ2) is 7.08. The lowest BCUT2D eigenvalue weighted by atomic mass is 10.1. The molecule has 1 aromatic rings. The molecule has 0 aromatic carbocycles. The Morgan fingerprint density at radius 1 is 1.35 bits per heavy atom. The van der Waals surface area contributed by atoms with Crippen LogP contribution in [0.15, 0.2) is 12.4 Å². The minimum atomic E-state index is -2.46. The molecule has 5 nitrogen and oxygen atoms in total. The molecular formula is C10H15F2N3O2. The first-order valence-corrected chi connectivity index (χ1v) is 5.11. The fourth-order valence-corrected chi connectivity index (χ4v) is 1.27. The van der Waals surface area contributed by atoms with Gasteiger partial charge in [-0.05, 0) is 6.42 Å². The zero-order chi connectivity index (χ0) is 12.7. The molecule has 7 heteroatoms. The van der Waals surface area contributed by atoms with Crippen molar-refractivity contribution in [3.63, 3.8) is 0 Å². The first-order valence-electron chi connectivity index (χ1n) is 5.11. The van der Waals surface area contributed by atoms with Crippen molar-refractivity contribution in [2.75, 3.05) is 20.3 Å². The molecule has 17 heavy (non-hydrogen) atoms. The molecule has 96 valence electrons. The number of methoxy groups -OCH3 is 1. The summed E-state index contributed by atoms with van der Waals surface area (Å²) < 4.78 is 33.3. The van der Waals surface area contributed by atoms with Gasteiger partial charge in [0.25, 0.3) is 6.43 Å². The molecule has 1 unspecified atom stereocenters. The third-order valence-electron chi connectivity index (χ3n) is 2.05. The van der Waals surface area contributed by atoms with Crippen LogP contribution >= 0.6 is 0 Å². The summed E-state index contributed by atoms with van der Waals surface area (Å²) in [5, 5.41) is 0. The van der Waals surface area contributed by atoms with Gasteiger partial charge in [-0.3, -0.25) is 4.98 Å². The van der Waals surface area contributed by atoms with E-state index < -0.39 is 19.1 Å². The molecular weight excluding hydrogens is 232 g/mol. The number of rotatable bonds is 7. The van der Waals surface area contributed by atoms with Crippen LogP contribution in [0.3, 0.4) is 0 Å². The lowest BCUT2D eigenvalue weighted by Gasteiger charge is -2.13. The van der Waals surface area contributed by atoms with E-state index in [1.807, 2.05) is 0 Å². The van der Waals surface area contributed by atoms with E-state index in [-0.39, 0.29) is 6.61 Å². The Hall–Kier alpha value is -1.34. The Kier molecular flexibility index (Phi) is 5.71. The van der Waals surface area contributed by atoms with E-state index in [1.54, 1.807) is 0 Å². The standard InChI is InChI=1S/C10H15F2N3O2/c1-16-10-9(14-3-4-15-10)7(13)2-5-17-6-8(11)12/h3-4,7-8H,2,5-6,13H2,1H3. The lowest BCUT2D eigenvalue weighted by molar-refractivity contribution is 0.0151. The second-order valence-corrected chi connectivity index (χ2v) is 3.31. The number of halogens is 2. The summed E-state index contributed by atoms with van der Waals surface area (Å²) in [6.45, 7) is -0.435. The average Bonchev–Trinajstić information content (AvgIpc) is 2.34. The summed E-state index contributed by atoms with van der Waals surface area (Å²) in [7, 11) is 1.47. The number of ether oxygens (including phenoxy) is 2. The molecule has 1 heterocycles. The predicted octanol–water partition coefficient (Wildman–Crippen LogP) is 1.16. The highest BCUT2D eigenvalue weighted by Crippen LogP contribution is 2.20. The van der Waals surface area contributed by atoms with Crippen LogP contribution in [0.1, 0.15) is 18.2 Å². The van der Waals surface area contributed by atoms with Gasteiger partial charge >= 0.3 is 0 Å². The summed E-state index contributed by atoms with van der Waals surface area (Å²) in [6, 6.07) is -0.448. The van der Waals surface area contributed by atoms with Gasteiger partial charge in [0.15, 0.2) is 0 Å². The van der Waals surface area contributed by atoms with Crippen LogP contribution in [0.2, 0.25) is 0 Å². The Morgan fingerprint density at radius 2 is 2.06 bits per heavy atom. The molecule has 0 aliphatic carbocycles. The van der Waals surface area contributed by atoms with Crippen LogP contribution in [-0.4, -0.2) is 36.7 Å². The highest BCUT2D eigenvalue weighted by Gasteiger charge is 2.14. The van der Waals surface area contributed by atoms with Gasteiger partial charge in [0, 0.05) is 19.0 Å². The zero-order valence-corrected chi connectivity index (χ0v) is 9.47. The van der Waals surface area contributed by atoms with Crippen molar-refractivity contribution < 1.29 is 18.3 Å².